The maximum Gasteiger partial charge on any atom is 0.131 e. The van der Waals surface area contributed by atoms with E-state index in [1.807, 2.05) is 12.1 Å². The molecule has 0 aliphatic carbocycles. The van der Waals surface area contributed by atoms with Gasteiger partial charge in [-0.05, 0) is 60.4 Å². The van der Waals surface area contributed by atoms with Gasteiger partial charge in [0.05, 0.1) is 5.69 Å². The Balaban J connectivity index is 1.79. The molecule has 160 valence electrons. The van der Waals surface area contributed by atoms with Gasteiger partial charge in [0.25, 0.3) is 0 Å². The minimum atomic E-state index is -0.690. The van der Waals surface area contributed by atoms with E-state index in [4.69, 9.17) is 10.7 Å². The molecule has 0 atom stereocenters. The SMILES string of the molecule is CCCc1ccccc1N=C(N)c1ccc(C)c(P(c2ccccc2)c2ccccc2)c1. The number of para-hydroxylation sites is 1. The molecular weight excluding hydrogens is 407 g/mol. The van der Waals surface area contributed by atoms with Crippen molar-refractivity contribution in [2.24, 2.45) is 10.7 Å². The van der Waals surface area contributed by atoms with E-state index in [0.29, 0.717) is 5.84 Å². The summed E-state index contributed by atoms with van der Waals surface area (Å²) < 4.78 is 0. The summed E-state index contributed by atoms with van der Waals surface area (Å²) in [6.45, 7) is 4.37. The molecule has 2 N–H and O–H groups in total. The Bertz CT molecular complexity index is 1160. The third-order valence-electron chi connectivity index (χ3n) is 5.53. The van der Waals surface area contributed by atoms with E-state index in [0.717, 1.165) is 24.1 Å². The fourth-order valence-corrected chi connectivity index (χ4v) is 6.38. The van der Waals surface area contributed by atoms with Gasteiger partial charge in [0.2, 0.25) is 0 Å². The van der Waals surface area contributed by atoms with Gasteiger partial charge in [-0.25, -0.2) is 4.99 Å². The Morgan fingerprint density at radius 1 is 0.781 bits per heavy atom. The number of nitrogens with zero attached hydrogens (tertiary/aromatic N) is 1. The smallest absolute Gasteiger partial charge is 0.131 e. The lowest BCUT2D eigenvalue weighted by Crippen LogP contribution is -2.24. The average molecular weight is 437 g/mol. The Hall–Kier alpha value is -3.22. The fraction of sp³-hybridized carbons (Fsp3) is 0.138. The molecule has 0 aromatic heterocycles. The summed E-state index contributed by atoms with van der Waals surface area (Å²) in [6.07, 6.45) is 2.08. The molecule has 0 radical (unpaired) electrons. The van der Waals surface area contributed by atoms with Crippen LogP contribution in [0.1, 0.15) is 30.0 Å². The first kappa shape index (κ1) is 22.0. The fourth-order valence-electron chi connectivity index (χ4n) is 3.89. The van der Waals surface area contributed by atoms with Crippen molar-refractivity contribution in [3.05, 3.63) is 120 Å². The highest BCUT2D eigenvalue weighted by Crippen LogP contribution is 2.34. The van der Waals surface area contributed by atoms with Crippen molar-refractivity contribution in [2.45, 2.75) is 26.7 Å². The Morgan fingerprint density at radius 2 is 1.38 bits per heavy atom. The normalized spacial score (nSPS) is 11.7. The van der Waals surface area contributed by atoms with Crippen molar-refractivity contribution in [1.82, 2.24) is 0 Å². The van der Waals surface area contributed by atoms with Crippen molar-refractivity contribution in [2.75, 3.05) is 0 Å². The maximum absolute atomic E-state index is 6.55. The molecule has 4 rings (SSSR count). The molecular formula is C29H29N2P. The van der Waals surface area contributed by atoms with Gasteiger partial charge < -0.3 is 5.73 Å². The monoisotopic (exact) mass is 436 g/mol. The van der Waals surface area contributed by atoms with Crippen LogP contribution in [0.4, 0.5) is 5.69 Å². The predicted molar refractivity (Wildman–Crippen MR) is 141 cm³/mol. The summed E-state index contributed by atoms with van der Waals surface area (Å²) in [5, 5.41) is 3.98. The van der Waals surface area contributed by atoms with Crippen LogP contribution in [0.25, 0.3) is 0 Å². The molecule has 0 fully saturated rings. The van der Waals surface area contributed by atoms with Gasteiger partial charge in [-0.1, -0.05) is 104 Å². The van der Waals surface area contributed by atoms with Crippen molar-refractivity contribution in [1.29, 1.82) is 0 Å². The second kappa shape index (κ2) is 10.4. The first-order chi connectivity index (χ1) is 15.7. The van der Waals surface area contributed by atoms with Crippen molar-refractivity contribution >= 4 is 35.4 Å². The summed E-state index contributed by atoms with van der Waals surface area (Å²) in [5.74, 6) is 0.561. The number of benzene rings is 4. The molecule has 0 spiro atoms. The summed E-state index contributed by atoms with van der Waals surface area (Å²) in [6, 6.07) is 36.3. The Kier molecular flexibility index (Phi) is 7.14. The van der Waals surface area contributed by atoms with Crippen LogP contribution in [0.3, 0.4) is 0 Å². The highest BCUT2D eigenvalue weighted by atomic mass is 31.1. The second-order valence-electron chi connectivity index (χ2n) is 7.88. The predicted octanol–water partition coefficient (Wildman–Crippen LogP) is 5.74. The highest BCUT2D eigenvalue weighted by molar-refractivity contribution is 7.79. The molecule has 32 heavy (non-hydrogen) atoms. The molecule has 2 nitrogen and oxygen atoms in total. The lowest BCUT2D eigenvalue weighted by atomic mass is 10.1. The largest absolute Gasteiger partial charge is 0.383 e. The third kappa shape index (κ3) is 4.98. The summed E-state index contributed by atoms with van der Waals surface area (Å²) in [7, 11) is -0.690. The first-order valence-corrected chi connectivity index (χ1v) is 12.4. The maximum atomic E-state index is 6.55. The van der Waals surface area contributed by atoms with E-state index < -0.39 is 7.92 Å². The third-order valence-corrected chi connectivity index (χ3v) is 8.12. The van der Waals surface area contributed by atoms with E-state index in [2.05, 4.69) is 105 Å². The van der Waals surface area contributed by atoms with E-state index in [9.17, 15) is 0 Å². The molecule has 4 aromatic rings. The molecule has 0 heterocycles. The van der Waals surface area contributed by atoms with Crippen LogP contribution < -0.4 is 21.6 Å². The molecule has 0 bridgehead atoms. The average Bonchev–Trinajstić information content (AvgIpc) is 2.83. The van der Waals surface area contributed by atoms with E-state index in [-0.39, 0.29) is 0 Å². The van der Waals surface area contributed by atoms with Gasteiger partial charge >= 0.3 is 0 Å². The Morgan fingerprint density at radius 3 is 2.00 bits per heavy atom. The number of nitrogens with two attached hydrogens (primary N) is 1. The second-order valence-corrected chi connectivity index (χ2v) is 10.1. The van der Waals surface area contributed by atoms with Gasteiger partial charge in [0.1, 0.15) is 5.84 Å². The molecule has 0 aliphatic heterocycles. The van der Waals surface area contributed by atoms with Crippen LogP contribution in [-0.4, -0.2) is 5.84 Å². The zero-order valence-electron chi connectivity index (χ0n) is 18.7. The van der Waals surface area contributed by atoms with Gasteiger partial charge in [-0.3, -0.25) is 0 Å². The van der Waals surface area contributed by atoms with Gasteiger partial charge in [0.15, 0.2) is 0 Å². The first-order valence-electron chi connectivity index (χ1n) is 11.1. The standard InChI is InChI=1S/C29H29N2P/c1-3-12-23-13-10-11-18-27(23)31-29(30)24-20-19-22(2)28(21-24)32(25-14-6-4-7-15-25)26-16-8-5-9-17-26/h4-11,13-21H,3,12H2,1-2H3,(H2,30,31). The number of rotatable bonds is 7. The number of hydrogen-bond acceptors (Lipinski definition) is 1. The molecule has 4 aromatic carbocycles. The molecule has 0 saturated heterocycles. The molecule has 0 aliphatic rings. The summed E-state index contributed by atoms with van der Waals surface area (Å²) >= 11 is 0. The van der Waals surface area contributed by atoms with Crippen LogP contribution in [0.5, 0.6) is 0 Å². The molecule has 0 amide bonds. The number of hydrogen-bond donors (Lipinski definition) is 1. The summed E-state index contributed by atoms with van der Waals surface area (Å²) in [4.78, 5) is 4.83. The lowest BCUT2D eigenvalue weighted by molar-refractivity contribution is 0.921. The number of aliphatic imine (C=N–C) groups is 1. The molecule has 0 saturated carbocycles. The summed E-state index contributed by atoms with van der Waals surface area (Å²) in [5.41, 5.74) is 11.0. The van der Waals surface area contributed by atoms with Gasteiger partial charge in [0, 0.05) is 5.56 Å². The molecule has 3 heteroatoms. The lowest BCUT2D eigenvalue weighted by Gasteiger charge is -2.22. The van der Waals surface area contributed by atoms with E-state index >= 15 is 0 Å². The highest BCUT2D eigenvalue weighted by Gasteiger charge is 2.19. The van der Waals surface area contributed by atoms with Gasteiger partial charge in [-0.2, -0.15) is 0 Å². The minimum absolute atomic E-state index is 0.561. The van der Waals surface area contributed by atoms with Crippen LogP contribution in [0, 0.1) is 6.92 Å². The number of aryl methyl sites for hydroxylation is 2. The topological polar surface area (TPSA) is 38.4 Å². The van der Waals surface area contributed by atoms with Crippen LogP contribution >= 0.6 is 7.92 Å². The van der Waals surface area contributed by atoms with E-state index in [1.54, 1.807) is 0 Å². The zero-order valence-corrected chi connectivity index (χ0v) is 19.6. The van der Waals surface area contributed by atoms with Crippen molar-refractivity contribution < 1.29 is 0 Å². The number of amidine groups is 1. The van der Waals surface area contributed by atoms with Crippen LogP contribution in [0.2, 0.25) is 0 Å². The molecule has 0 unspecified atom stereocenters. The van der Waals surface area contributed by atoms with Gasteiger partial charge in [-0.15, -0.1) is 0 Å². The minimum Gasteiger partial charge on any atom is -0.383 e. The van der Waals surface area contributed by atoms with Crippen LogP contribution in [0.15, 0.2) is 108 Å². The van der Waals surface area contributed by atoms with Crippen LogP contribution in [-0.2, 0) is 6.42 Å². The quantitative estimate of drug-likeness (QED) is 0.224. The van der Waals surface area contributed by atoms with Crippen molar-refractivity contribution in [3.63, 3.8) is 0 Å². The van der Waals surface area contributed by atoms with E-state index in [1.165, 1.54) is 27.0 Å². The Labute approximate surface area is 192 Å². The zero-order chi connectivity index (χ0) is 22.3. The van der Waals surface area contributed by atoms with Crippen molar-refractivity contribution in [3.8, 4) is 0 Å².